The van der Waals surface area contributed by atoms with E-state index in [0.717, 1.165) is 18.9 Å². The van der Waals surface area contributed by atoms with Crippen molar-refractivity contribution in [3.63, 3.8) is 0 Å². The number of aryl methyl sites for hydroxylation is 2. The van der Waals surface area contributed by atoms with E-state index in [1.54, 1.807) is 0 Å². The van der Waals surface area contributed by atoms with Gasteiger partial charge in [-0.05, 0) is 50.8 Å². The van der Waals surface area contributed by atoms with Crippen LogP contribution < -0.4 is 5.32 Å². The highest BCUT2D eigenvalue weighted by Gasteiger charge is 2.27. The smallest absolute Gasteiger partial charge is 0.0659 e. The van der Waals surface area contributed by atoms with Crippen molar-refractivity contribution in [1.29, 1.82) is 0 Å². The second kappa shape index (κ2) is 4.13. The lowest BCUT2D eigenvalue weighted by Crippen LogP contribution is -2.09. The van der Waals surface area contributed by atoms with E-state index in [1.807, 2.05) is 18.8 Å². The van der Waals surface area contributed by atoms with Gasteiger partial charge in [0, 0.05) is 13.2 Å². The number of aromatic nitrogens is 2. The first kappa shape index (κ1) is 9.71. The summed E-state index contributed by atoms with van der Waals surface area (Å²) in [6.07, 6.45) is 7.24. The van der Waals surface area contributed by atoms with Crippen molar-refractivity contribution in [1.82, 2.24) is 15.1 Å². The molecule has 1 saturated carbocycles. The lowest BCUT2D eigenvalue weighted by atomic mass is 10.1. The monoisotopic (exact) mass is 193 g/mol. The Morgan fingerprint density at radius 2 is 2.36 bits per heavy atom. The minimum atomic E-state index is 0.827. The predicted octanol–water partition coefficient (Wildman–Crippen LogP) is 1.45. The van der Waals surface area contributed by atoms with Crippen LogP contribution in [-0.4, -0.2) is 23.4 Å². The Kier molecular flexibility index (Phi) is 2.87. The van der Waals surface area contributed by atoms with Crippen molar-refractivity contribution in [2.75, 3.05) is 13.6 Å². The molecule has 2 rings (SSSR count). The number of nitrogens with zero attached hydrogens (tertiary/aromatic N) is 2. The van der Waals surface area contributed by atoms with Crippen molar-refractivity contribution >= 4 is 0 Å². The zero-order chi connectivity index (χ0) is 9.97. The molecule has 1 aliphatic carbocycles. The van der Waals surface area contributed by atoms with Gasteiger partial charge < -0.3 is 5.32 Å². The molecule has 0 saturated heterocycles. The van der Waals surface area contributed by atoms with Gasteiger partial charge in [-0.3, -0.25) is 4.68 Å². The molecule has 1 aliphatic rings. The SMILES string of the molecule is CNCCCc1nn(C)cc1C1CC1. The van der Waals surface area contributed by atoms with Gasteiger partial charge in [-0.15, -0.1) is 0 Å². The van der Waals surface area contributed by atoms with E-state index >= 15 is 0 Å². The van der Waals surface area contributed by atoms with Crippen LogP contribution in [0.5, 0.6) is 0 Å². The normalized spacial score (nSPS) is 16.1. The van der Waals surface area contributed by atoms with Crippen LogP contribution in [0, 0.1) is 0 Å². The highest BCUT2D eigenvalue weighted by atomic mass is 15.3. The average molecular weight is 193 g/mol. The third-order valence-electron chi connectivity index (χ3n) is 2.80. The maximum Gasteiger partial charge on any atom is 0.0659 e. The molecule has 78 valence electrons. The molecule has 0 aromatic carbocycles. The molecule has 1 aromatic rings. The van der Waals surface area contributed by atoms with Crippen molar-refractivity contribution < 1.29 is 0 Å². The molecule has 0 spiro atoms. The Hall–Kier alpha value is -0.830. The van der Waals surface area contributed by atoms with Crippen LogP contribution in [0.15, 0.2) is 6.20 Å². The average Bonchev–Trinajstić information content (AvgIpc) is 2.92. The van der Waals surface area contributed by atoms with Crippen molar-refractivity contribution in [2.45, 2.75) is 31.6 Å². The van der Waals surface area contributed by atoms with E-state index in [2.05, 4.69) is 16.6 Å². The summed E-state index contributed by atoms with van der Waals surface area (Å²) in [5.74, 6) is 0.827. The number of hydrogen-bond acceptors (Lipinski definition) is 2. The Bertz CT molecular complexity index is 299. The number of rotatable bonds is 5. The number of nitrogens with one attached hydrogen (secondary N) is 1. The Balaban J connectivity index is 1.99. The molecule has 0 atom stereocenters. The molecule has 0 unspecified atom stereocenters. The third kappa shape index (κ3) is 2.15. The maximum atomic E-state index is 4.53. The molecule has 1 heterocycles. The van der Waals surface area contributed by atoms with Gasteiger partial charge in [-0.2, -0.15) is 5.10 Å². The fourth-order valence-corrected chi connectivity index (χ4v) is 1.92. The first-order valence-corrected chi connectivity index (χ1v) is 5.48. The van der Waals surface area contributed by atoms with Crippen LogP contribution in [0.25, 0.3) is 0 Å². The van der Waals surface area contributed by atoms with Gasteiger partial charge in [0.2, 0.25) is 0 Å². The van der Waals surface area contributed by atoms with Crippen LogP contribution >= 0.6 is 0 Å². The molecule has 1 fully saturated rings. The molecular weight excluding hydrogens is 174 g/mol. The van der Waals surface area contributed by atoms with Crippen molar-refractivity contribution in [2.24, 2.45) is 7.05 Å². The summed E-state index contributed by atoms with van der Waals surface area (Å²) in [5.41, 5.74) is 2.83. The van der Waals surface area contributed by atoms with Gasteiger partial charge in [0.1, 0.15) is 0 Å². The van der Waals surface area contributed by atoms with E-state index in [4.69, 9.17) is 0 Å². The van der Waals surface area contributed by atoms with Crippen LogP contribution in [0.3, 0.4) is 0 Å². The Labute approximate surface area is 85.5 Å². The van der Waals surface area contributed by atoms with Gasteiger partial charge in [0.05, 0.1) is 5.69 Å². The van der Waals surface area contributed by atoms with Crippen LogP contribution in [0.2, 0.25) is 0 Å². The third-order valence-corrected chi connectivity index (χ3v) is 2.80. The van der Waals surface area contributed by atoms with Crippen LogP contribution in [0.1, 0.15) is 36.4 Å². The summed E-state index contributed by atoms with van der Waals surface area (Å²) < 4.78 is 1.96. The lowest BCUT2D eigenvalue weighted by molar-refractivity contribution is 0.688. The predicted molar refractivity (Wildman–Crippen MR) is 57.4 cm³/mol. The summed E-state index contributed by atoms with van der Waals surface area (Å²) in [7, 11) is 4.02. The zero-order valence-electron chi connectivity index (χ0n) is 9.08. The first-order chi connectivity index (χ1) is 6.81. The molecule has 0 bridgehead atoms. The molecule has 1 aromatic heterocycles. The van der Waals surface area contributed by atoms with Crippen LogP contribution in [0.4, 0.5) is 0 Å². The molecule has 0 amide bonds. The summed E-state index contributed by atoms with van der Waals surface area (Å²) in [5, 5.41) is 7.71. The molecular formula is C11H19N3. The first-order valence-electron chi connectivity index (χ1n) is 5.48. The van der Waals surface area contributed by atoms with E-state index in [0.29, 0.717) is 0 Å². The molecule has 3 heteroatoms. The van der Waals surface area contributed by atoms with E-state index in [1.165, 1.54) is 30.5 Å². The lowest BCUT2D eigenvalue weighted by Gasteiger charge is -1.99. The van der Waals surface area contributed by atoms with Crippen LogP contribution in [-0.2, 0) is 13.5 Å². The zero-order valence-corrected chi connectivity index (χ0v) is 9.08. The minimum absolute atomic E-state index is 0.827. The fourth-order valence-electron chi connectivity index (χ4n) is 1.92. The molecule has 3 nitrogen and oxygen atoms in total. The highest BCUT2D eigenvalue weighted by Crippen LogP contribution is 2.41. The quantitative estimate of drug-likeness (QED) is 0.717. The summed E-state index contributed by atoms with van der Waals surface area (Å²) in [4.78, 5) is 0. The van der Waals surface area contributed by atoms with E-state index in [-0.39, 0.29) is 0 Å². The minimum Gasteiger partial charge on any atom is -0.320 e. The van der Waals surface area contributed by atoms with Gasteiger partial charge in [-0.25, -0.2) is 0 Å². The molecule has 14 heavy (non-hydrogen) atoms. The Morgan fingerprint density at radius 1 is 1.57 bits per heavy atom. The molecule has 0 aliphatic heterocycles. The summed E-state index contributed by atoms with van der Waals surface area (Å²) in [6.45, 7) is 1.08. The summed E-state index contributed by atoms with van der Waals surface area (Å²) in [6, 6.07) is 0. The second-order valence-corrected chi connectivity index (χ2v) is 4.19. The van der Waals surface area contributed by atoms with Gasteiger partial charge in [0.15, 0.2) is 0 Å². The van der Waals surface area contributed by atoms with E-state index < -0.39 is 0 Å². The number of hydrogen-bond donors (Lipinski definition) is 1. The van der Waals surface area contributed by atoms with Crippen molar-refractivity contribution in [3.8, 4) is 0 Å². The molecule has 0 radical (unpaired) electrons. The Morgan fingerprint density at radius 3 is 3.00 bits per heavy atom. The van der Waals surface area contributed by atoms with E-state index in [9.17, 15) is 0 Å². The second-order valence-electron chi connectivity index (χ2n) is 4.19. The molecule has 1 N–H and O–H groups in total. The van der Waals surface area contributed by atoms with Crippen molar-refractivity contribution in [3.05, 3.63) is 17.5 Å². The summed E-state index contributed by atoms with van der Waals surface area (Å²) >= 11 is 0. The largest absolute Gasteiger partial charge is 0.320 e. The van der Waals surface area contributed by atoms with Gasteiger partial charge in [0.25, 0.3) is 0 Å². The standard InChI is InChI=1S/C11H19N3/c1-12-7-3-4-11-10(9-5-6-9)8-14(2)13-11/h8-9,12H,3-7H2,1-2H3. The van der Waals surface area contributed by atoms with Gasteiger partial charge in [-0.1, -0.05) is 0 Å². The van der Waals surface area contributed by atoms with Gasteiger partial charge >= 0.3 is 0 Å². The fraction of sp³-hybridized carbons (Fsp3) is 0.727. The highest BCUT2D eigenvalue weighted by molar-refractivity contribution is 5.26. The maximum absolute atomic E-state index is 4.53. The topological polar surface area (TPSA) is 29.9 Å².